The van der Waals surface area contributed by atoms with Gasteiger partial charge in [-0.05, 0) is 18.1 Å². The van der Waals surface area contributed by atoms with Crippen LogP contribution in [0.3, 0.4) is 0 Å². The minimum absolute atomic E-state index is 1.08. The van der Waals surface area contributed by atoms with Gasteiger partial charge in [0.25, 0.3) is 0 Å². The van der Waals surface area contributed by atoms with Gasteiger partial charge in [-0.15, -0.1) is 0 Å². The normalized spacial score (nSPS) is 30.5. The molecule has 56 valence electrons. The number of nitrogens with one attached hydrogen (secondary N) is 1. The average Bonchev–Trinajstić information content (AvgIpc) is 2.35. The van der Waals surface area contributed by atoms with Gasteiger partial charge in [-0.3, -0.25) is 0 Å². The van der Waals surface area contributed by atoms with Crippen LogP contribution in [0.1, 0.15) is 6.42 Å². The zero-order valence-electron chi connectivity index (χ0n) is 6.38. The summed E-state index contributed by atoms with van der Waals surface area (Å²) in [4.78, 5) is 0. The van der Waals surface area contributed by atoms with Crippen molar-refractivity contribution in [3.8, 4) is 0 Å². The Morgan fingerprint density at radius 1 is 1.00 bits per heavy atom. The number of rotatable bonds is 0. The molecule has 0 atom stereocenters. The Morgan fingerprint density at radius 3 is 2.73 bits per heavy atom. The first kappa shape index (κ1) is 6.47. The van der Waals surface area contributed by atoms with Crippen molar-refractivity contribution in [2.45, 2.75) is 6.42 Å². The molecular formula is C10H11N. The van der Waals surface area contributed by atoms with E-state index in [0.717, 1.165) is 13.0 Å². The van der Waals surface area contributed by atoms with E-state index in [1.165, 1.54) is 11.3 Å². The Kier molecular flexibility index (Phi) is 1.64. The van der Waals surface area contributed by atoms with Crippen molar-refractivity contribution >= 4 is 0 Å². The van der Waals surface area contributed by atoms with E-state index in [4.69, 9.17) is 0 Å². The highest BCUT2D eigenvalue weighted by Gasteiger charge is 2.10. The van der Waals surface area contributed by atoms with Gasteiger partial charge in [-0.25, -0.2) is 0 Å². The average molecular weight is 145 g/mol. The van der Waals surface area contributed by atoms with Crippen molar-refractivity contribution in [2.75, 3.05) is 6.54 Å². The highest BCUT2D eigenvalue weighted by atomic mass is 14.9. The fraction of sp³-hybridized carbons (Fsp3) is 0.200. The Hall–Kier alpha value is -1.24. The smallest absolute Gasteiger partial charge is 0.0373 e. The summed E-state index contributed by atoms with van der Waals surface area (Å²) in [5.41, 5.74) is 2.70. The van der Waals surface area contributed by atoms with Gasteiger partial charge in [0.05, 0.1) is 0 Å². The van der Waals surface area contributed by atoms with Crippen molar-refractivity contribution in [1.82, 2.24) is 5.32 Å². The van der Waals surface area contributed by atoms with Gasteiger partial charge in [-0.2, -0.15) is 0 Å². The minimum atomic E-state index is 1.08. The molecule has 0 saturated carbocycles. The van der Waals surface area contributed by atoms with Crippen LogP contribution in [0.4, 0.5) is 0 Å². The van der Waals surface area contributed by atoms with Gasteiger partial charge in [0, 0.05) is 12.2 Å². The van der Waals surface area contributed by atoms with Crippen LogP contribution in [-0.4, -0.2) is 6.54 Å². The molecule has 0 bridgehead atoms. The van der Waals surface area contributed by atoms with E-state index >= 15 is 0 Å². The van der Waals surface area contributed by atoms with E-state index < -0.39 is 0 Å². The second-order valence-corrected chi connectivity index (χ2v) is 2.72. The summed E-state index contributed by atoms with van der Waals surface area (Å²) in [7, 11) is 0. The number of hydrogen-bond donors (Lipinski definition) is 1. The molecule has 1 aliphatic heterocycles. The molecule has 0 aromatic rings. The van der Waals surface area contributed by atoms with E-state index in [0.29, 0.717) is 0 Å². The van der Waals surface area contributed by atoms with E-state index in [2.05, 4.69) is 35.7 Å². The molecule has 1 fully saturated rings. The summed E-state index contributed by atoms with van der Waals surface area (Å²) in [6.07, 6.45) is 13.7. The molecule has 1 heteroatoms. The SMILES string of the molecule is C1=C/C=C2\CCN\C2=C\C=C1. The Bertz CT molecular complexity index is 239. The number of fused-ring (bicyclic) bond motifs is 1. The standard InChI is InChI=1S/C10H11N/c1-2-4-6-10-9(5-3-1)7-8-11-10/h1-6,11H,7-8H2/b2-1?,3-1?,4-2?,5-3?,6-4?,9-5+,10-6+. The predicted octanol–water partition coefficient (Wildman–Crippen LogP) is 1.92. The molecule has 0 aromatic heterocycles. The van der Waals surface area contributed by atoms with Crippen molar-refractivity contribution in [3.63, 3.8) is 0 Å². The quantitative estimate of drug-likeness (QED) is 0.549. The van der Waals surface area contributed by atoms with Crippen molar-refractivity contribution in [1.29, 1.82) is 0 Å². The monoisotopic (exact) mass is 145 g/mol. The fourth-order valence-electron chi connectivity index (χ4n) is 1.37. The lowest BCUT2D eigenvalue weighted by Crippen LogP contribution is -2.03. The topological polar surface area (TPSA) is 12.0 Å². The third-order valence-corrected chi connectivity index (χ3v) is 1.95. The maximum absolute atomic E-state index is 3.33. The third-order valence-electron chi connectivity index (χ3n) is 1.95. The summed E-state index contributed by atoms with van der Waals surface area (Å²) in [6.45, 7) is 1.08. The highest BCUT2D eigenvalue weighted by molar-refractivity contribution is 5.40. The lowest BCUT2D eigenvalue weighted by molar-refractivity contribution is 0.915. The Balaban J connectivity index is 2.35. The molecule has 1 heterocycles. The van der Waals surface area contributed by atoms with Crippen LogP contribution in [-0.2, 0) is 0 Å². The van der Waals surface area contributed by atoms with Crippen LogP contribution in [0.5, 0.6) is 0 Å². The summed E-state index contributed by atoms with van der Waals surface area (Å²) < 4.78 is 0. The predicted molar refractivity (Wildman–Crippen MR) is 47.1 cm³/mol. The van der Waals surface area contributed by atoms with Gasteiger partial charge >= 0.3 is 0 Å². The number of hydrogen-bond acceptors (Lipinski definition) is 1. The zero-order valence-corrected chi connectivity index (χ0v) is 6.38. The molecule has 2 rings (SSSR count). The first-order chi connectivity index (χ1) is 5.47. The van der Waals surface area contributed by atoms with Crippen LogP contribution in [0.2, 0.25) is 0 Å². The summed E-state index contributed by atoms with van der Waals surface area (Å²) in [5.74, 6) is 0. The van der Waals surface area contributed by atoms with E-state index in [-0.39, 0.29) is 0 Å². The van der Waals surface area contributed by atoms with Gasteiger partial charge in [0.1, 0.15) is 0 Å². The van der Waals surface area contributed by atoms with Crippen molar-refractivity contribution in [3.05, 3.63) is 47.7 Å². The van der Waals surface area contributed by atoms with Gasteiger partial charge in [0.15, 0.2) is 0 Å². The molecule has 0 amide bonds. The van der Waals surface area contributed by atoms with Crippen LogP contribution in [0.15, 0.2) is 47.7 Å². The lowest BCUT2D eigenvalue weighted by atomic mass is 10.1. The molecule has 0 spiro atoms. The summed E-state index contributed by atoms with van der Waals surface area (Å²) in [6, 6.07) is 0. The van der Waals surface area contributed by atoms with Gasteiger partial charge in [-0.1, -0.05) is 30.4 Å². The molecule has 1 aliphatic carbocycles. The maximum atomic E-state index is 3.33. The maximum Gasteiger partial charge on any atom is 0.0373 e. The van der Waals surface area contributed by atoms with E-state index in [9.17, 15) is 0 Å². The molecular weight excluding hydrogens is 134 g/mol. The van der Waals surface area contributed by atoms with Crippen molar-refractivity contribution in [2.24, 2.45) is 0 Å². The lowest BCUT2D eigenvalue weighted by Gasteiger charge is -1.98. The van der Waals surface area contributed by atoms with Gasteiger partial charge < -0.3 is 5.32 Å². The molecule has 0 aromatic carbocycles. The fourth-order valence-corrected chi connectivity index (χ4v) is 1.37. The first-order valence-corrected chi connectivity index (χ1v) is 3.95. The summed E-state index contributed by atoms with van der Waals surface area (Å²) >= 11 is 0. The van der Waals surface area contributed by atoms with E-state index in [1.807, 2.05) is 6.08 Å². The largest absolute Gasteiger partial charge is 0.384 e. The molecule has 11 heavy (non-hydrogen) atoms. The first-order valence-electron chi connectivity index (χ1n) is 3.95. The molecule has 0 unspecified atom stereocenters. The molecule has 1 saturated heterocycles. The number of allylic oxidation sites excluding steroid dienone is 7. The van der Waals surface area contributed by atoms with Crippen molar-refractivity contribution < 1.29 is 0 Å². The zero-order chi connectivity index (χ0) is 7.52. The van der Waals surface area contributed by atoms with Crippen LogP contribution in [0.25, 0.3) is 0 Å². The second-order valence-electron chi connectivity index (χ2n) is 2.72. The summed E-state index contributed by atoms with van der Waals surface area (Å²) in [5, 5.41) is 3.33. The Labute approximate surface area is 66.8 Å². The van der Waals surface area contributed by atoms with E-state index in [1.54, 1.807) is 0 Å². The molecule has 1 N–H and O–H groups in total. The second kappa shape index (κ2) is 2.79. The molecule has 1 nitrogen and oxygen atoms in total. The van der Waals surface area contributed by atoms with Crippen LogP contribution in [0, 0.1) is 0 Å². The molecule has 2 aliphatic rings. The third kappa shape index (κ3) is 1.27. The highest BCUT2D eigenvalue weighted by Crippen LogP contribution is 2.18. The van der Waals surface area contributed by atoms with Crippen LogP contribution < -0.4 is 5.32 Å². The van der Waals surface area contributed by atoms with Crippen LogP contribution >= 0.6 is 0 Å². The van der Waals surface area contributed by atoms with Gasteiger partial charge in [0.2, 0.25) is 0 Å². The molecule has 0 radical (unpaired) electrons. The Morgan fingerprint density at radius 2 is 1.82 bits per heavy atom. The minimum Gasteiger partial charge on any atom is -0.384 e.